The topological polar surface area (TPSA) is 0 Å². The van der Waals surface area contributed by atoms with Crippen LogP contribution in [0, 0.1) is 0 Å². The van der Waals surface area contributed by atoms with Gasteiger partial charge < -0.3 is 0 Å². The summed E-state index contributed by atoms with van der Waals surface area (Å²) in [5.74, 6) is 0. The van der Waals surface area contributed by atoms with Gasteiger partial charge in [0, 0.05) is 5.66 Å². The lowest BCUT2D eigenvalue weighted by molar-refractivity contribution is 0.859. The third-order valence-electron chi connectivity index (χ3n) is 0.712. The van der Waals surface area contributed by atoms with E-state index in [1.807, 2.05) is 13.8 Å². The van der Waals surface area contributed by atoms with Crippen LogP contribution in [0.4, 0.5) is 4.20 Å². The fraction of sp³-hybridized carbons (Fsp3) is 1.00. The summed E-state index contributed by atoms with van der Waals surface area (Å²) in [6, 6.07) is 0. The van der Waals surface area contributed by atoms with Crippen molar-refractivity contribution >= 4 is 8.23 Å². The molecule has 0 saturated heterocycles. The average molecular weight is 108 g/mol. The van der Waals surface area contributed by atoms with E-state index in [2.05, 4.69) is 0 Å². The van der Waals surface area contributed by atoms with E-state index in [1.165, 1.54) is 0 Å². The molecule has 0 radical (unpaired) electrons. The van der Waals surface area contributed by atoms with E-state index in [1.54, 1.807) is 6.66 Å². The zero-order valence-corrected chi connectivity index (χ0v) is 5.30. The van der Waals surface area contributed by atoms with Crippen LogP contribution in [0.5, 0.6) is 0 Å². The summed E-state index contributed by atoms with van der Waals surface area (Å²) in [5, 5.41) is 0. The summed E-state index contributed by atoms with van der Waals surface area (Å²) in [6.07, 6.45) is 0. The fourth-order valence-corrected chi connectivity index (χ4v) is 0. The van der Waals surface area contributed by atoms with Crippen LogP contribution in [0.3, 0.4) is 0 Å². The third kappa shape index (κ3) is 2.59. The van der Waals surface area contributed by atoms with Gasteiger partial charge >= 0.3 is 0 Å². The molecule has 2 heteroatoms. The Hall–Kier alpha value is 0.360. The first kappa shape index (κ1) is 6.36. The van der Waals surface area contributed by atoms with Crippen molar-refractivity contribution in [3.05, 3.63) is 0 Å². The molecule has 0 rings (SSSR count). The van der Waals surface area contributed by atoms with Crippen molar-refractivity contribution < 1.29 is 4.20 Å². The van der Waals surface area contributed by atoms with Crippen LogP contribution in [0.15, 0.2) is 0 Å². The molecule has 6 heavy (non-hydrogen) atoms. The molecule has 0 aromatic carbocycles. The molecule has 0 aliphatic heterocycles. The standard InChI is InChI=1S/C4H10FP/c1-4(2)6(3)5/h4H,1-3H3. The summed E-state index contributed by atoms with van der Waals surface area (Å²) < 4.78 is 11.9. The van der Waals surface area contributed by atoms with E-state index in [4.69, 9.17) is 0 Å². The molecular weight excluding hydrogens is 98.0 g/mol. The number of hydrogen-bond donors (Lipinski definition) is 0. The quantitative estimate of drug-likeness (QED) is 0.452. The molecule has 0 spiro atoms. The van der Waals surface area contributed by atoms with E-state index >= 15 is 0 Å². The van der Waals surface area contributed by atoms with E-state index in [0.717, 1.165) is 0 Å². The highest BCUT2D eigenvalue weighted by Gasteiger charge is 2.00. The minimum Gasteiger partial charge on any atom is -0.227 e. The predicted octanol–water partition coefficient (Wildman–Crippen LogP) is 2.39. The monoisotopic (exact) mass is 108 g/mol. The highest BCUT2D eigenvalue weighted by molar-refractivity contribution is 7.51. The molecular formula is C4H10FP. The van der Waals surface area contributed by atoms with Gasteiger partial charge in [0.05, 0.1) is 8.23 Å². The highest BCUT2D eigenvalue weighted by Crippen LogP contribution is 2.37. The molecule has 0 aromatic rings. The lowest BCUT2D eigenvalue weighted by Crippen LogP contribution is -1.83. The van der Waals surface area contributed by atoms with Crippen LogP contribution in [0.2, 0.25) is 0 Å². The highest BCUT2D eigenvalue weighted by atomic mass is 31.2. The van der Waals surface area contributed by atoms with Gasteiger partial charge in [0.2, 0.25) is 0 Å². The number of halogens is 1. The van der Waals surface area contributed by atoms with Crippen LogP contribution < -0.4 is 0 Å². The van der Waals surface area contributed by atoms with E-state index in [-0.39, 0.29) is 5.66 Å². The van der Waals surface area contributed by atoms with Crippen molar-refractivity contribution in [3.63, 3.8) is 0 Å². The second-order valence-corrected chi connectivity index (χ2v) is 3.70. The van der Waals surface area contributed by atoms with Gasteiger partial charge in [0.25, 0.3) is 0 Å². The van der Waals surface area contributed by atoms with Crippen molar-refractivity contribution in [3.8, 4) is 0 Å². The van der Waals surface area contributed by atoms with Gasteiger partial charge in [-0.05, 0) is 6.66 Å². The first-order valence-electron chi connectivity index (χ1n) is 2.03. The summed E-state index contributed by atoms with van der Waals surface area (Å²) in [4.78, 5) is 0. The second-order valence-electron chi connectivity index (χ2n) is 1.62. The van der Waals surface area contributed by atoms with Gasteiger partial charge in [-0.3, -0.25) is 0 Å². The zero-order chi connectivity index (χ0) is 5.15. The first-order valence-corrected chi connectivity index (χ1v) is 3.78. The Morgan fingerprint density at radius 3 is 1.67 bits per heavy atom. The maximum absolute atomic E-state index is 11.9. The van der Waals surface area contributed by atoms with Crippen LogP contribution in [0.25, 0.3) is 0 Å². The minimum atomic E-state index is -1.16. The SMILES string of the molecule is CC(C)P(C)F. The predicted molar refractivity (Wildman–Crippen MR) is 29.1 cm³/mol. The Morgan fingerprint density at radius 1 is 1.50 bits per heavy atom. The third-order valence-corrected chi connectivity index (χ3v) is 2.13. The van der Waals surface area contributed by atoms with E-state index < -0.39 is 8.23 Å². The van der Waals surface area contributed by atoms with Gasteiger partial charge in [0.1, 0.15) is 0 Å². The average Bonchev–Trinajstić information content (AvgIpc) is 1.36. The van der Waals surface area contributed by atoms with Crippen molar-refractivity contribution in [1.29, 1.82) is 0 Å². The lowest BCUT2D eigenvalue weighted by Gasteiger charge is -2.00. The molecule has 0 N–H and O–H groups in total. The van der Waals surface area contributed by atoms with Crippen molar-refractivity contribution in [1.82, 2.24) is 0 Å². The molecule has 0 nitrogen and oxygen atoms in total. The molecule has 0 aromatic heterocycles. The number of rotatable bonds is 1. The molecule has 0 heterocycles. The fourth-order valence-electron chi connectivity index (χ4n) is 0. The Bertz CT molecular complexity index is 28.5. The van der Waals surface area contributed by atoms with Crippen LogP contribution in [-0.4, -0.2) is 12.3 Å². The Kier molecular flexibility index (Phi) is 2.67. The largest absolute Gasteiger partial charge is 0.227 e. The molecule has 0 aliphatic rings. The lowest BCUT2D eigenvalue weighted by atomic mass is 10.6. The maximum Gasteiger partial charge on any atom is 0.0807 e. The molecule has 38 valence electrons. The van der Waals surface area contributed by atoms with Gasteiger partial charge in [-0.1, -0.05) is 13.8 Å². The minimum absolute atomic E-state index is 0.250. The van der Waals surface area contributed by atoms with Crippen LogP contribution >= 0.6 is 8.23 Å². The summed E-state index contributed by atoms with van der Waals surface area (Å²) >= 11 is 0. The van der Waals surface area contributed by atoms with Crippen LogP contribution in [-0.2, 0) is 0 Å². The second kappa shape index (κ2) is 2.52. The van der Waals surface area contributed by atoms with Crippen molar-refractivity contribution in [2.75, 3.05) is 6.66 Å². The molecule has 0 fully saturated rings. The van der Waals surface area contributed by atoms with Gasteiger partial charge in [0.15, 0.2) is 0 Å². The molecule has 1 atom stereocenters. The smallest absolute Gasteiger partial charge is 0.0807 e. The Balaban J connectivity index is 2.99. The van der Waals surface area contributed by atoms with Gasteiger partial charge in [-0.25, -0.2) is 4.20 Å². The van der Waals surface area contributed by atoms with Gasteiger partial charge in [-0.15, -0.1) is 0 Å². The van der Waals surface area contributed by atoms with Gasteiger partial charge in [-0.2, -0.15) is 0 Å². The molecule has 0 bridgehead atoms. The Labute approximate surface area is 39.6 Å². The zero-order valence-electron chi connectivity index (χ0n) is 4.40. The molecule has 0 amide bonds. The Morgan fingerprint density at radius 2 is 1.67 bits per heavy atom. The van der Waals surface area contributed by atoms with Crippen LogP contribution in [0.1, 0.15) is 13.8 Å². The van der Waals surface area contributed by atoms with Crippen molar-refractivity contribution in [2.45, 2.75) is 19.5 Å². The molecule has 0 saturated carbocycles. The summed E-state index contributed by atoms with van der Waals surface area (Å²) in [5.41, 5.74) is 0.250. The van der Waals surface area contributed by atoms with E-state index in [0.29, 0.717) is 0 Å². The molecule has 1 unspecified atom stereocenters. The van der Waals surface area contributed by atoms with Crippen molar-refractivity contribution in [2.24, 2.45) is 0 Å². The number of hydrogen-bond acceptors (Lipinski definition) is 0. The normalized spacial score (nSPS) is 15.5. The summed E-state index contributed by atoms with van der Waals surface area (Å²) in [6.45, 7) is 5.43. The van der Waals surface area contributed by atoms with E-state index in [9.17, 15) is 4.20 Å². The summed E-state index contributed by atoms with van der Waals surface area (Å²) in [7, 11) is -1.16. The maximum atomic E-state index is 11.9. The molecule has 0 aliphatic carbocycles. The first-order chi connectivity index (χ1) is 2.64.